The van der Waals surface area contributed by atoms with Gasteiger partial charge in [-0.15, -0.1) is 0 Å². The van der Waals surface area contributed by atoms with Gasteiger partial charge in [0, 0.05) is 0 Å². The predicted octanol–water partition coefficient (Wildman–Crippen LogP) is 2.99. The first kappa shape index (κ1) is 16.8. The first-order valence-corrected chi connectivity index (χ1v) is 8.29. The van der Waals surface area contributed by atoms with Crippen LogP contribution in [-0.2, 0) is 4.74 Å². The van der Waals surface area contributed by atoms with Gasteiger partial charge in [-0.3, -0.25) is 14.9 Å². The molecule has 1 aromatic carbocycles. The number of amides is 1. The highest BCUT2D eigenvalue weighted by atomic mass is 32.1. The number of anilines is 1. The van der Waals surface area contributed by atoms with Crippen LogP contribution in [0.1, 0.15) is 32.6 Å². The summed E-state index contributed by atoms with van der Waals surface area (Å²) in [7, 11) is 0. The highest BCUT2D eigenvalue weighted by Gasteiger charge is 2.20. The van der Waals surface area contributed by atoms with Gasteiger partial charge in [0.05, 0.1) is 17.7 Å². The zero-order valence-corrected chi connectivity index (χ0v) is 14.3. The number of thiazole rings is 1. The zero-order chi connectivity index (χ0) is 18.0. The minimum Gasteiger partial charge on any atom is -0.463 e. The van der Waals surface area contributed by atoms with E-state index in [1.807, 2.05) is 0 Å². The number of fused-ring (bicyclic) bond motifs is 1. The molecule has 0 unspecified atom stereocenters. The Balaban J connectivity index is 1.88. The van der Waals surface area contributed by atoms with Crippen molar-refractivity contribution in [2.45, 2.75) is 13.8 Å². The summed E-state index contributed by atoms with van der Waals surface area (Å²) in [5, 5.41) is 3.05. The molecule has 0 aliphatic heterocycles. The maximum Gasteiger partial charge on any atom is 0.350 e. The number of esters is 1. The Morgan fingerprint density at radius 3 is 2.84 bits per heavy atom. The lowest BCUT2D eigenvalue weighted by atomic mass is 10.1. The topological polar surface area (TPSA) is 98.5 Å². The van der Waals surface area contributed by atoms with E-state index in [0.29, 0.717) is 21.5 Å². The molecule has 7 nitrogen and oxygen atoms in total. The van der Waals surface area contributed by atoms with Gasteiger partial charge in [0.2, 0.25) is 5.43 Å². The average molecular weight is 358 g/mol. The number of nitrogens with one attached hydrogen (secondary N) is 1. The van der Waals surface area contributed by atoms with Crippen molar-refractivity contribution in [1.82, 2.24) is 4.98 Å². The van der Waals surface area contributed by atoms with Crippen molar-refractivity contribution in [3.63, 3.8) is 0 Å². The Labute approximate surface area is 146 Å². The van der Waals surface area contributed by atoms with Gasteiger partial charge in [0.1, 0.15) is 22.3 Å². The highest BCUT2D eigenvalue weighted by Crippen LogP contribution is 2.24. The molecule has 1 N–H and O–H groups in total. The smallest absolute Gasteiger partial charge is 0.350 e. The lowest BCUT2D eigenvalue weighted by Crippen LogP contribution is -2.21. The summed E-state index contributed by atoms with van der Waals surface area (Å²) in [4.78, 5) is 41.0. The number of ether oxygens (including phenoxy) is 1. The lowest BCUT2D eigenvalue weighted by molar-refractivity contribution is 0.0531. The van der Waals surface area contributed by atoms with Crippen molar-refractivity contribution in [3.8, 4) is 0 Å². The molecule has 0 radical (unpaired) electrons. The number of hydrogen-bond acceptors (Lipinski definition) is 7. The van der Waals surface area contributed by atoms with Crippen LogP contribution in [0.25, 0.3) is 11.0 Å². The number of rotatable bonds is 4. The molecule has 128 valence electrons. The molecule has 8 heteroatoms. The summed E-state index contributed by atoms with van der Waals surface area (Å²) in [6.45, 7) is 3.59. The molecule has 3 aromatic rings. The van der Waals surface area contributed by atoms with E-state index in [-0.39, 0.29) is 17.3 Å². The Bertz CT molecular complexity index is 1020. The molecule has 0 fully saturated rings. The normalized spacial score (nSPS) is 10.6. The maximum atomic E-state index is 12.4. The monoisotopic (exact) mass is 358 g/mol. The predicted molar refractivity (Wildman–Crippen MR) is 93.2 cm³/mol. The number of carbonyl (C=O) groups is 2. The molecule has 0 saturated heterocycles. The van der Waals surface area contributed by atoms with Crippen LogP contribution < -0.4 is 10.7 Å². The molecule has 1 amide bonds. The van der Waals surface area contributed by atoms with E-state index in [9.17, 15) is 14.4 Å². The molecule has 0 aliphatic carbocycles. The number of nitrogens with zero attached hydrogens (tertiary/aromatic N) is 1. The summed E-state index contributed by atoms with van der Waals surface area (Å²) in [5.41, 5.74) is 0.283. The molecule has 0 saturated carbocycles. The Kier molecular flexibility index (Phi) is 4.62. The van der Waals surface area contributed by atoms with Crippen molar-refractivity contribution >= 4 is 39.3 Å². The van der Waals surface area contributed by atoms with E-state index < -0.39 is 17.3 Å². The molecule has 25 heavy (non-hydrogen) atoms. The van der Waals surface area contributed by atoms with Crippen molar-refractivity contribution in [2.75, 3.05) is 11.9 Å². The summed E-state index contributed by atoms with van der Waals surface area (Å²) < 4.78 is 10.3. The summed E-state index contributed by atoms with van der Waals surface area (Å²) in [5.74, 6) is -1.15. The van der Waals surface area contributed by atoms with Gasteiger partial charge in [-0.1, -0.05) is 23.5 Å². The van der Waals surface area contributed by atoms with Crippen LogP contribution in [-0.4, -0.2) is 23.5 Å². The third-order valence-electron chi connectivity index (χ3n) is 3.40. The van der Waals surface area contributed by atoms with E-state index >= 15 is 0 Å². The fraction of sp³-hybridized carbons (Fsp3) is 0.176. The summed E-state index contributed by atoms with van der Waals surface area (Å²) in [6.07, 6.45) is 1.12. The number of benzene rings is 1. The number of carbonyl (C=O) groups excluding carboxylic acids is 2. The SMILES string of the molecule is CCOC(=O)c1sc(NC(=O)c2coc3ccccc3c2=O)nc1C. The van der Waals surface area contributed by atoms with Crippen LogP contribution >= 0.6 is 11.3 Å². The number of para-hydroxylation sites is 1. The van der Waals surface area contributed by atoms with Gasteiger partial charge in [0.15, 0.2) is 5.13 Å². The second-order valence-electron chi connectivity index (χ2n) is 5.08. The quantitative estimate of drug-likeness (QED) is 0.720. The third kappa shape index (κ3) is 3.29. The Hall–Kier alpha value is -3.00. The number of aryl methyl sites for hydroxylation is 1. The van der Waals surface area contributed by atoms with Gasteiger partial charge in [-0.25, -0.2) is 9.78 Å². The van der Waals surface area contributed by atoms with Gasteiger partial charge in [-0.05, 0) is 26.0 Å². The van der Waals surface area contributed by atoms with Crippen LogP contribution in [0.4, 0.5) is 5.13 Å². The largest absolute Gasteiger partial charge is 0.463 e. The Morgan fingerprint density at radius 2 is 2.08 bits per heavy atom. The van der Waals surface area contributed by atoms with E-state index in [0.717, 1.165) is 17.6 Å². The lowest BCUT2D eigenvalue weighted by Gasteiger charge is -2.02. The van der Waals surface area contributed by atoms with Crippen LogP contribution in [0.5, 0.6) is 0 Å². The van der Waals surface area contributed by atoms with E-state index in [1.54, 1.807) is 38.1 Å². The van der Waals surface area contributed by atoms with Gasteiger partial charge in [0.25, 0.3) is 5.91 Å². The zero-order valence-electron chi connectivity index (χ0n) is 13.5. The maximum absolute atomic E-state index is 12.4. The van der Waals surface area contributed by atoms with Crippen LogP contribution in [0.2, 0.25) is 0 Å². The number of aromatic nitrogens is 1. The van der Waals surface area contributed by atoms with Crippen LogP contribution in [0.3, 0.4) is 0 Å². The fourth-order valence-corrected chi connectivity index (χ4v) is 3.09. The minimum atomic E-state index is -0.649. The first-order valence-electron chi connectivity index (χ1n) is 7.47. The summed E-state index contributed by atoms with van der Waals surface area (Å²) in [6, 6.07) is 6.66. The second-order valence-corrected chi connectivity index (χ2v) is 6.08. The molecular weight excluding hydrogens is 344 g/mol. The van der Waals surface area contributed by atoms with Crippen molar-refractivity contribution in [3.05, 3.63) is 56.9 Å². The average Bonchev–Trinajstić information content (AvgIpc) is 2.96. The molecule has 0 aliphatic rings. The molecule has 0 spiro atoms. The van der Waals surface area contributed by atoms with Crippen molar-refractivity contribution < 1.29 is 18.7 Å². The minimum absolute atomic E-state index is 0.135. The van der Waals surface area contributed by atoms with Crippen molar-refractivity contribution in [1.29, 1.82) is 0 Å². The second kappa shape index (κ2) is 6.86. The van der Waals surface area contributed by atoms with Crippen LogP contribution in [0.15, 0.2) is 39.7 Å². The van der Waals surface area contributed by atoms with Gasteiger partial charge < -0.3 is 9.15 Å². The first-order chi connectivity index (χ1) is 12.0. The van der Waals surface area contributed by atoms with Gasteiger partial charge >= 0.3 is 5.97 Å². The van der Waals surface area contributed by atoms with E-state index in [1.165, 1.54) is 0 Å². The van der Waals surface area contributed by atoms with Gasteiger partial charge in [-0.2, -0.15) is 0 Å². The van der Waals surface area contributed by atoms with E-state index in [4.69, 9.17) is 9.15 Å². The molecular formula is C17H14N2O5S. The molecule has 2 aromatic heterocycles. The molecule has 2 heterocycles. The molecule has 0 atom stereocenters. The number of hydrogen-bond donors (Lipinski definition) is 1. The summed E-state index contributed by atoms with van der Waals surface area (Å²) >= 11 is 0.990. The van der Waals surface area contributed by atoms with Crippen molar-refractivity contribution in [2.24, 2.45) is 0 Å². The standard InChI is InChI=1S/C17H14N2O5S/c1-3-23-16(22)14-9(2)18-17(25-14)19-15(21)11-8-24-12-7-5-4-6-10(12)13(11)20/h4-8H,3H2,1-2H3,(H,18,19,21). The van der Waals surface area contributed by atoms with E-state index in [2.05, 4.69) is 10.3 Å². The van der Waals surface area contributed by atoms with Crippen LogP contribution in [0, 0.1) is 6.92 Å². The molecule has 0 bridgehead atoms. The fourth-order valence-electron chi connectivity index (χ4n) is 2.24. The highest BCUT2D eigenvalue weighted by molar-refractivity contribution is 7.17. The Morgan fingerprint density at radius 1 is 1.32 bits per heavy atom. The molecule has 3 rings (SSSR count). The third-order valence-corrected chi connectivity index (χ3v) is 4.46.